The van der Waals surface area contributed by atoms with Gasteiger partial charge in [0.2, 0.25) is 0 Å². The van der Waals surface area contributed by atoms with E-state index in [1.807, 2.05) is 0 Å². The lowest BCUT2D eigenvalue weighted by Gasteiger charge is -2.38. The van der Waals surface area contributed by atoms with Crippen molar-refractivity contribution >= 4 is 15.4 Å². The Hall–Kier alpha value is 0.0549. The van der Waals surface area contributed by atoms with Crippen LogP contribution in [0.4, 0.5) is 0 Å². The lowest BCUT2D eigenvalue weighted by molar-refractivity contribution is -0.0473. The Morgan fingerprint density at radius 1 is 1.25 bits per heavy atom. The molecule has 7 nitrogen and oxygen atoms in total. The first kappa shape index (κ1) is 22.1. The summed E-state index contributed by atoms with van der Waals surface area (Å²) in [5.74, 6) is 0. The van der Waals surface area contributed by atoms with E-state index < -0.39 is 42.9 Å². The Labute approximate surface area is 145 Å². The van der Waals surface area contributed by atoms with Crippen LogP contribution in [0.25, 0.3) is 0 Å². The fourth-order valence-corrected chi connectivity index (χ4v) is 4.68. The molecular formula is C15H30BO7P. The van der Waals surface area contributed by atoms with Crippen molar-refractivity contribution in [3.63, 3.8) is 0 Å². The third-order valence-electron chi connectivity index (χ3n) is 5.03. The second kappa shape index (κ2) is 8.17. The average Bonchev–Trinajstić information content (AvgIpc) is 2.78. The minimum atomic E-state index is -4.31. The van der Waals surface area contributed by atoms with E-state index in [0.717, 1.165) is 0 Å². The Kier molecular flexibility index (Phi) is 7.52. The van der Waals surface area contributed by atoms with Crippen LogP contribution in [0.2, 0.25) is 0 Å². The summed E-state index contributed by atoms with van der Waals surface area (Å²) in [4.78, 5) is 10.3. The van der Waals surface area contributed by atoms with Gasteiger partial charge in [0.1, 0.15) is 20.1 Å². The van der Waals surface area contributed by atoms with Gasteiger partial charge in [-0.1, -0.05) is 20.8 Å². The van der Waals surface area contributed by atoms with Crippen molar-refractivity contribution in [2.45, 2.75) is 88.6 Å². The Balaban J connectivity index is 2.93. The molecule has 3 N–H and O–H groups in total. The van der Waals surface area contributed by atoms with Gasteiger partial charge in [-0.25, -0.2) is 0 Å². The molecule has 0 saturated carbocycles. The Morgan fingerprint density at radius 3 is 2.17 bits per heavy atom. The Bertz CT molecular complexity index is 459. The van der Waals surface area contributed by atoms with Gasteiger partial charge < -0.3 is 29.1 Å². The Morgan fingerprint density at radius 2 is 1.79 bits per heavy atom. The van der Waals surface area contributed by atoms with Crippen molar-refractivity contribution in [2.75, 3.05) is 7.11 Å². The number of hydrogen-bond acceptors (Lipinski definition) is 6. The van der Waals surface area contributed by atoms with Gasteiger partial charge in [-0.2, -0.15) is 0 Å². The van der Waals surface area contributed by atoms with Gasteiger partial charge >= 0.3 is 7.60 Å². The molecule has 0 aromatic rings. The van der Waals surface area contributed by atoms with E-state index in [9.17, 15) is 19.7 Å². The molecule has 0 bridgehead atoms. The standard InChI is InChI=1S/C15H30BO7P/c1-6-14(4,23-24(19,20)15(18,7-2)8-3)9-10-11(17)12(21-5)13(16)22-10/h10-13,17-18H,6-9H2,1-5H3,(H,19,20)/t10?,11-,12-,13?,14?/m1/s1. The maximum absolute atomic E-state index is 12.6. The number of rotatable bonds is 9. The number of aliphatic hydroxyl groups is 2. The minimum Gasteiger partial charge on any atom is -0.388 e. The molecule has 0 spiro atoms. The molecule has 1 aliphatic heterocycles. The summed E-state index contributed by atoms with van der Waals surface area (Å²) >= 11 is 0. The fraction of sp³-hybridized carbons (Fsp3) is 1.00. The molecule has 1 aliphatic rings. The van der Waals surface area contributed by atoms with Crippen LogP contribution in [0, 0.1) is 0 Å². The molecule has 1 saturated heterocycles. The summed E-state index contributed by atoms with van der Waals surface area (Å²) in [6, 6.07) is -0.778. The maximum atomic E-state index is 12.6. The van der Waals surface area contributed by atoms with Crippen LogP contribution < -0.4 is 0 Å². The van der Waals surface area contributed by atoms with Crippen LogP contribution in [0.5, 0.6) is 0 Å². The minimum absolute atomic E-state index is 0.0935. The van der Waals surface area contributed by atoms with E-state index in [-0.39, 0.29) is 19.3 Å². The largest absolute Gasteiger partial charge is 0.388 e. The van der Waals surface area contributed by atoms with E-state index in [1.165, 1.54) is 7.11 Å². The molecule has 1 fully saturated rings. The van der Waals surface area contributed by atoms with Gasteiger partial charge in [0.25, 0.3) is 0 Å². The molecule has 24 heavy (non-hydrogen) atoms. The van der Waals surface area contributed by atoms with Gasteiger partial charge in [-0.05, 0) is 26.2 Å². The molecular weight excluding hydrogens is 334 g/mol. The molecule has 9 heteroatoms. The van der Waals surface area contributed by atoms with Crippen molar-refractivity contribution < 1.29 is 33.7 Å². The molecule has 0 aliphatic carbocycles. The third kappa shape index (κ3) is 4.42. The highest BCUT2D eigenvalue weighted by atomic mass is 31.2. The molecule has 1 rings (SSSR count). The molecule has 140 valence electrons. The first-order valence-electron chi connectivity index (χ1n) is 8.37. The van der Waals surface area contributed by atoms with Gasteiger partial charge in [-0.3, -0.25) is 4.57 Å². The zero-order valence-electron chi connectivity index (χ0n) is 15.1. The SMILES string of the molecule is [B]C1OC(CC(C)(CC)OP(=O)(O)C(O)(CC)CC)[C@@H](O)[C@H]1OC. The van der Waals surface area contributed by atoms with Crippen molar-refractivity contribution in [3.8, 4) is 0 Å². The molecule has 0 aromatic carbocycles. The summed E-state index contributed by atoms with van der Waals surface area (Å²) in [6.45, 7) is 6.71. The highest BCUT2D eigenvalue weighted by Crippen LogP contribution is 2.60. The molecule has 6 atom stereocenters. The molecule has 1 heterocycles. The van der Waals surface area contributed by atoms with Crippen molar-refractivity contribution in [2.24, 2.45) is 0 Å². The first-order chi connectivity index (χ1) is 11.0. The van der Waals surface area contributed by atoms with E-state index in [0.29, 0.717) is 6.42 Å². The number of hydrogen-bond donors (Lipinski definition) is 3. The lowest BCUT2D eigenvalue weighted by Crippen LogP contribution is -2.41. The fourth-order valence-electron chi connectivity index (χ4n) is 2.91. The monoisotopic (exact) mass is 364 g/mol. The van der Waals surface area contributed by atoms with E-state index in [4.69, 9.17) is 21.8 Å². The maximum Gasteiger partial charge on any atom is 0.359 e. The second-order valence-electron chi connectivity index (χ2n) is 6.64. The lowest BCUT2D eigenvalue weighted by atomic mass is 9.89. The molecule has 0 aromatic heterocycles. The summed E-state index contributed by atoms with van der Waals surface area (Å²) in [5.41, 5.74) is -1.07. The topological polar surface area (TPSA) is 105 Å². The molecule has 0 amide bonds. The number of ether oxygens (including phenoxy) is 2. The van der Waals surface area contributed by atoms with E-state index >= 15 is 0 Å². The summed E-state index contributed by atoms with van der Waals surface area (Å²) < 4.78 is 28.8. The normalized spacial score (nSPS) is 33.2. The zero-order valence-corrected chi connectivity index (χ0v) is 16.0. The van der Waals surface area contributed by atoms with Crippen molar-refractivity contribution in [1.29, 1.82) is 0 Å². The quantitative estimate of drug-likeness (QED) is 0.421. The summed E-state index contributed by atoms with van der Waals surface area (Å²) in [5, 5.41) is 18.9. The van der Waals surface area contributed by atoms with Gasteiger partial charge in [0.15, 0.2) is 5.34 Å². The third-order valence-corrected chi connectivity index (χ3v) is 7.40. The smallest absolute Gasteiger partial charge is 0.359 e. The van der Waals surface area contributed by atoms with Crippen LogP contribution in [0.1, 0.15) is 53.4 Å². The van der Waals surface area contributed by atoms with Gasteiger partial charge in [0, 0.05) is 19.5 Å². The van der Waals surface area contributed by atoms with E-state index in [1.54, 1.807) is 27.7 Å². The number of methoxy groups -OCH3 is 1. The van der Waals surface area contributed by atoms with Crippen molar-refractivity contribution in [3.05, 3.63) is 0 Å². The van der Waals surface area contributed by atoms with E-state index in [2.05, 4.69) is 0 Å². The molecule has 4 unspecified atom stereocenters. The zero-order chi connectivity index (χ0) is 18.8. The average molecular weight is 364 g/mol. The van der Waals surface area contributed by atoms with Gasteiger partial charge in [-0.15, -0.1) is 0 Å². The van der Waals surface area contributed by atoms with Crippen LogP contribution in [0.15, 0.2) is 0 Å². The highest BCUT2D eigenvalue weighted by molar-refractivity contribution is 7.54. The van der Waals surface area contributed by atoms with Crippen LogP contribution >= 0.6 is 7.60 Å². The molecule has 2 radical (unpaired) electrons. The van der Waals surface area contributed by atoms with Crippen LogP contribution in [0.3, 0.4) is 0 Å². The highest BCUT2D eigenvalue weighted by Gasteiger charge is 2.50. The first-order valence-corrected chi connectivity index (χ1v) is 9.94. The van der Waals surface area contributed by atoms with Crippen molar-refractivity contribution in [1.82, 2.24) is 0 Å². The second-order valence-corrected chi connectivity index (χ2v) is 8.69. The summed E-state index contributed by atoms with van der Waals surface area (Å²) in [6.07, 6.45) is -1.60. The van der Waals surface area contributed by atoms with Crippen LogP contribution in [-0.2, 0) is 18.6 Å². The van der Waals surface area contributed by atoms with Crippen LogP contribution in [-0.4, -0.2) is 65.3 Å². The predicted molar refractivity (Wildman–Crippen MR) is 91.0 cm³/mol. The van der Waals surface area contributed by atoms with Gasteiger partial charge in [0.05, 0.1) is 11.7 Å². The summed E-state index contributed by atoms with van der Waals surface area (Å²) in [7, 11) is 2.90. The predicted octanol–water partition coefficient (Wildman–Crippen LogP) is 1.53. The number of aliphatic hydroxyl groups excluding tert-OH is 1.